The van der Waals surface area contributed by atoms with Gasteiger partial charge in [-0.2, -0.15) is 0 Å². The standard InChI is InChI=1S/C15H27NO2/c1-5-8-12-14(18)16-13(17)10-15(12,7-3)9-11(4)6-2/h11-12H,5-10H2,1-4H3,(H,16,17,18). The fraction of sp³-hybridized carbons (Fsp3) is 0.867. The van der Waals surface area contributed by atoms with Crippen LogP contribution in [0.4, 0.5) is 0 Å². The topological polar surface area (TPSA) is 46.2 Å². The van der Waals surface area contributed by atoms with Gasteiger partial charge in [0.25, 0.3) is 0 Å². The van der Waals surface area contributed by atoms with Gasteiger partial charge in [-0.25, -0.2) is 0 Å². The number of piperidine rings is 1. The van der Waals surface area contributed by atoms with Crippen molar-refractivity contribution in [2.45, 2.75) is 66.2 Å². The van der Waals surface area contributed by atoms with Gasteiger partial charge in [0.2, 0.25) is 11.8 Å². The molecule has 1 aliphatic heterocycles. The molecule has 1 rings (SSSR count). The van der Waals surface area contributed by atoms with Gasteiger partial charge < -0.3 is 0 Å². The molecule has 0 aliphatic carbocycles. The Balaban J connectivity index is 2.99. The highest BCUT2D eigenvalue weighted by Crippen LogP contribution is 2.46. The third-order valence-corrected chi connectivity index (χ3v) is 4.56. The smallest absolute Gasteiger partial charge is 0.230 e. The molecule has 1 saturated heterocycles. The van der Waals surface area contributed by atoms with Crippen LogP contribution in [-0.2, 0) is 9.59 Å². The summed E-state index contributed by atoms with van der Waals surface area (Å²) in [5.74, 6) is 0.456. The van der Waals surface area contributed by atoms with E-state index in [4.69, 9.17) is 0 Å². The lowest BCUT2D eigenvalue weighted by Crippen LogP contribution is -2.52. The van der Waals surface area contributed by atoms with E-state index >= 15 is 0 Å². The minimum Gasteiger partial charge on any atom is -0.296 e. The number of carbonyl (C=O) groups excluding carboxylic acids is 2. The zero-order chi connectivity index (χ0) is 13.8. The Labute approximate surface area is 111 Å². The summed E-state index contributed by atoms with van der Waals surface area (Å²) < 4.78 is 0. The van der Waals surface area contributed by atoms with Gasteiger partial charge in [-0.3, -0.25) is 14.9 Å². The van der Waals surface area contributed by atoms with Gasteiger partial charge in [0, 0.05) is 12.3 Å². The van der Waals surface area contributed by atoms with E-state index in [0.29, 0.717) is 12.3 Å². The third-order valence-electron chi connectivity index (χ3n) is 4.56. The number of hydrogen-bond acceptors (Lipinski definition) is 2. The van der Waals surface area contributed by atoms with Gasteiger partial charge in [-0.05, 0) is 30.6 Å². The number of carbonyl (C=O) groups is 2. The highest BCUT2D eigenvalue weighted by atomic mass is 16.2. The second kappa shape index (κ2) is 6.35. The van der Waals surface area contributed by atoms with Crippen molar-refractivity contribution in [1.82, 2.24) is 5.32 Å². The quantitative estimate of drug-likeness (QED) is 0.738. The van der Waals surface area contributed by atoms with Crippen molar-refractivity contribution < 1.29 is 9.59 Å². The Morgan fingerprint density at radius 1 is 1.33 bits per heavy atom. The molecule has 0 aromatic heterocycles. The van der Waals surface area contributed by atoms with Crippen molar-refractivity contribution in [3.63, 3.8) is 0 Å². The number of hydrogen-bond donors (Lipinski definition) is 1. The average molecular weight is 253 g/mol. The molecule has 1 fully saturated rings. The zero-order valence-electron chi connectivity index (χ0n) is 12.2. The first kappa shape index (κ1) is 15.2. The molecule has 0 aromatic carbocycles. The maximum atomic E-state index is 12.1. The molecule has 3 atom stereocenters. The minimum absolute atomic E-state index is 0.0131. The molecular formula is C15H27NO2. The van der Waals surface area contributed by atoms with Crippen molar-refractivity contribution >= 4 is 11.8 Å². The van der Waals surface area contributed by atoms with E-state index in [2.05, 4.69) is 33.0 Å². The van der Waals surface area contributed by atoms with E-state index in [-0.39, 0.29) is 23.1 Å². The molecule has 0 saturated carbocycles. The Morgan fingerprint density at radius 3 is 2.50 bits per heavy atom. The van der Waals surface area contributed by atoms with Crippen LogP contribution in [0.5, 0.6) is 0 Å². The van der Waals surface area contributed by atoms with E-state index in [1.54, 1.807) is 0 Å². The van der Waals surface area contributed by atoms with Gasteiger partial charge in [-0.15, -0.1) is 0 Å². The zero-order valence-corrected chi connectivity index (χ0v) is 12.2. The molecule has 1 aliphatic rings. The monoisotopic (exact) mass is 253 g/mol. The van der Waals surface area contributed by atoms with Gasteiger partial charge in [0.1, 0.15) is 0 Å². The summed E-state index contributed by atoms with van der Waals surface area (Å²) in [7, 11) is 0. The van der Waals surface area contributed by atoms with Gasteiger partial charge in [-0.1, -0.05) is 40.5 Å². The normalized spacial score (nSPS) is 30.1. The second-order valence-corrected chi connectivity index (χ2v) is 5.86. The molecule has 0 bridgehead atoms. The molecule has 0 spiro atoms. The van der Waals surface area contributed by atoms with E-state index in [9.17, 15) is 9.59 Å². The molecular weight excluding hydrogens is 226 g/mol. The average Bonchev–Trinajstić information content (AvgIpc) is 2.33. The highest BCUT2D eigenvalue weighted by molar-refractivity contribution is 5.99. The van der Waals surface area contributed by atoms with E-state index in [1.807, 2.05) is 0 Å². The van der Waals surface area contributed by atoms with E-state index < -0.39 is 0 Å². The maximum Gasteiger partial charge on any atom is 0.230 e. The third kappa shape index (κ3) is 3.12. The fourth-order valence-corrected chi connectivity index (χ4v) is 3.28. The van der Waals surface area contributed by atoms with E-state index in [1.165, 1.54) is 0 Å². The molecule has 18 heavy (non-hydrogen) atoms. The van der Waals surface area contributed by atoms with Crippen LogP contribution >= 0.6 is 0 Å². The first-order valence-corrected chi connectivity index (χ1v) is 7.32. The van der Waals surface area contributed by atoms with Gasteiger partial charge >= 0.3 is 0 Å². The van der Waals surface area contributed by atoms with Crippen LogP contribution in [0.15, 0.2) is 0 Å². The first-order chi connectivity index (χ1) is 8.49. The molecule has 3 unspecified atom stereocenters. The van der Waals surface area contributed by atoms with Crippen LogP contribution in [-0.4, -0.2) is 11.8 Å². The molecule has 104 valence electrons. The van der Waals surface area contributed by atoms with Gasteiger partial charge in [0.15, 0.2) is 0 Å². The molecule has 1 N–H and O–H groups in total. The Morgan fingerprint density at radius 2 is 2.00 bits per heavy atom. The summed E-state index contributed by atoms with van der Waals surface area (Å²) in [5, 5.41) is 2.52. The summed E-state index contributed by atoms with van der Waals surface area (Å²) in [6, 6.07) is 0. The number of rotatable bonds is 6. The lowest BCUT2D eigenvalue weighted by molar-refractivity contribution is -0.145. The highest BCUT2D eigenvalue weighted by Gasteiger charge is 2.46. The summed E-state index contributed by atoms with van der Waals surface area (Å²) >= 11 is 0. The molecule has 0 radical (unpaired) electrons. The molecule has 2 amide bonds. The molecule has 3 heteroatoms. The van der Waals surface area contributed by atoms with Crippen LogP contribution in [0.1, 0.15) is 66.2 Å². The summed E-state index contributed by atoms with van der Waals surface area (Å²) in [6.45, 7) is 8.62. The van der Waals surface area contributed by atoms with Crippen molar-refractivity contribution in [3.05, 3.63) is 0 Å². The second-order valence-electron chi connectivity index (χ2n) is 5.86. The summed E-state index contributed by atoms with van der Waals surface area (Å²) in [5.41, 5.74) is -0.106. The van der Waals surface area contributed by atoms with Crippen LogP contribution in [0.2, 0.25) is 0 Å². The van der Waals surface area contributed by atoms with Crippen LogP contribution in [0, 0.1) is 17.3 Å². The van der Waals surface area contributed by atoms with Crippen LogP contribution in [0.3, 0.4) is 0 Å². The lowest BCUT2D eigenvalue weighted by atomic mass is 9.62. The Hall–Kier alpha value is -0.860. The maximum absolute atomic E-state index is 12.1. The SMILES string of the molecule is CCCC1C(=O)NC(=O)CC1(CC)CC(C)CC. The Kier molecular flexibility index (Phi) is 5.36. The van der Waals surface area contributed by atoms with E-state index in [0.717, 1.165) is 32.1 Å². The number of nitrogens with one attached hydrogen (secondary N) is 1. The Bertz CT molecular complexity index is 314. The fourth-order valence-electron chi connectivity index (χ4n) is 3.28. The molecule has 1 heterocycles. The van der Waals surface area contributed by atoms with Crippen LogP contribution in [0.25, 0.3) is 0 Å². The van der Waals surface area contributed by atoms with Gasteiger partial charge in [0.05, 0.1) is 0 Å². The summed E-state index contributed by atoms with van der Waals surface area (Å²) in [6.07, 6.45) is 5.42. The number of amides is 2. The van der Waals surface area contributed by atoms with Crippen LogP contribution < -0.4 is 5.32 Å². The predicted octanol–water partition coefficient (Wildman–Crippen LogP) is 3.28. The minimum atomic E-state index is -0.106. The van der Waals surface area contributed by atoms with Crippen molar-refractivity contribution in [1.29, 1.82) is 0 Å². The van der Waals surface area contributed by atoms with Crippen molar-refractivity contribution in [2.75, 3.05) is 0 Å². The molecule has 0 aromatic rings. The predicted molar refractivity (Wildman–Crippen MR) is 73.0 cm³/mol. The largest absolute Gasteiger partial charge is 0.296 e. The molecule has 3 nitrogen and oxygen atoms in total. The first-order valence-electron chi connectivity index (χ1n) is 7.32. The van der Waals surface area contributed by atoms with Crippen molar-refractivity contribution in [2.24, 2.45) is 17.3 Å². The summed E-state index contributed by atoms with van der Waals surface area (Å²) in [4.78, 5) is 23.8. The number of imide groups is 1. The van der Waals surface area contributed by atoms with Crippen molar-refractivity contribution in [3.8, 4) is 0 Å². The lowest BCUT2D eigenvalue weighted by Gasteiger charge is -2.43.